The van der Waals surface area contributed by atoms with Gasteiger partial charge < -0.3 is 4.90 Å². The van der Waals surface area contributed by atoms with Gasteiger partial charge in [-0.25, -0.2) is 9.97 Å². The molecule has 0 spiro atoms. The van der Waals surface area contributed by atoms with Crippen LogP contribution in [0.4, 0.5) is 5.82 Å². The van der Waals surface area contributed by atoms with Crippen molar-refractivity contribution in [3.63, 3.8) is 0 Å². The zero-order valence-electron chi connectivity index (χ0n) is 11.7. The molecule has 0 aliphatic carbocycles. The Morgan fingerprint density at radius 1 is 1.10 bits per heavy atom. The molecule has 4 nitrogen and oxygen atoms in total. The van der Waals surface area contributed by atoms with Gasteiger partial charge >= 0.3 is 0 Å². The van der Waals surface area contributed by atoms with E-state index in [0.717, 1.165) is 29.8 Å². The quantitative estimate of drug-likeness (QED) is 0.850. The van der Waals surface area contributed by atoms with Crippen LogP contribution in [-0.4, -0.2) is 47.1 Å². The molecule has 2 aromatic rings. The second-order valence-electron chi connectivity index (χ2n) is 5.82. The number of thiophene rings is 1. The maximum atomic E-state index is 4.57. The number of aromatic nitrogens is 2. The number of rotatable bonds is 2. The number of fused-ring (bicyclic) bond motifs is 1. The summed E-state index contributed by atoms with van der Waals surface area (Å²) in [5, 5.41) is 3.34. The Hall–Kier alpha value is -1.20. The summed E-state index contributed by atoms with van der Waals surface area (Å²) in [6.45, 7) is 4.83. The van der Waals surface area contributed by atoms with Gasteiger partial charge in [0.15, 0.2) is 0 Å². The van der Waals surface area contributed by atoms with E-state index in [1.165, 1.54) is 44.2 Å². The van der Waals surface area contributed by atoms with Crippen molar-refractivity contribution in [3.05, 3.63) is 17.8 Å². The molecule has 0 aromatic carbocycles. The fourth-order valence-electron chi connectivity index (χ4n) is 3.58. The second-order valence-corrected chi connectivity index (χ2v) is 6.72. The molecule has 2 aromatic heterocycles. The molecule has 2 aliphatic heterocycles. The van der Waals surface area contributed by atoms with Crippen LogP contribution in [0.1, 0.15) is 25.7 Å². The highest BCUT2D eigenvalue weighted by Crippen LogP contribution is 2.30. The number of anilines is 1. The average molecular weight is 288 g/mol. The molecule has 20 heavy (non-hydrogen) atoms. The van der Waals surface area contributed by atoms with E-state index in [9.17, 15) is 0 Å². The van der Waals surface area contributed by atoms with Crippen molar-refractivity contribution in [2.24, 2.45) is 0 Å². The van der Waals surface area contributed by atoms with Crippen molar-refractivity contribution in [3.8, 4) is 0 Å². The zero-order valence-corrected chi connectivity index (χ0v) is 12.5. The lowest BCUT2D eigenvalue weighted by atomic mass is 10.0. The Labute approximate surface area is 123 Å². The minimum atomic E-state index is 0.718. The molecule has 0 amide bonds. The van der Waals surface area contributed by atoms with Crippen LogP contribution < -0.4 is 4.90 Å². The maximum absolute atomic E-state index is 4.57. The van der Waals surface area contributed by atoms with Crippen LogP contribution in [0, 0.1) is 0 Å². The minimum absolute atomic E-state index is 0.718. The van der Waals surface area contributed by atoms with E-state index in [2.05, 4.69) is 31.2 Å². The minimum Gasteiger partial charge on any atom is -0.354 e. The van der Waals surface area contributed by atoms with Crippen molar-refractivity contribution in [1.82, 2.24) is 14.9 Å². The molecule has 0 unspecified atom stereocenters. The first-order valence-electron chi connectivity index (χ1n) is 7.59. The fourth-order valence-corrected chi connectivity index (χ4v) is 4.31. The zero-order chi connectivity index (χ0) is 13.4. The molecule has 4 rings (SSSR count). The van der Waals surface area contributed by atoms with Crippen LogP contribution >= 0.6 is 11.3 Å². The van der Waals surface area contributed by atoms with E-state index >= 15 is 0 Å². The largest absolute Gasteiger partial charge is 0.354 e. The van der Waals surface area contributed by atoms with Crippen molar-refractivity contribution in [2.75, 3.05) is 31.1 Å². The normalized spacial score (nSPS) is 24.6. The van der Waals surface area contributed by atoms with E-state index in [0.29, 0.717) is 0 Å². The molecule has 4 heterocycles. The summed E-state index contributed by atoms with van der Waals surface area (Å²) >= 11 is 1.70. The first-order valence-corrected chi connectivity index (χ1v) is 8.47. The number of hydrogen-bond donors (Lipinski definition) is 0. The third-order valence-electron chi connectivity index (χ3n) is 4.59. The smallest absolute Gasteiger partial charge is 0.140 e. The van der Waals surface area contributed by atoms with Gasteiger partial charge in [0.05, 0.1) is 5.39 Å². The van der Waals surface area contributed by atoms with Gasteiger partial charge in [-0.05, 0) is 50.2 Å². The standard InChI is InChI=1S/C15H20N4S/c1-2-7-18(6-1)12-4-3-8-19(10-12)14-13-5-9-20-15(13)17-11-16-14/h5,9,11-12H,1-4,6-8,10H2/t12-/m1/s1. The van der Waals surface area contributed by atoms with Gasteiger partial charge in [-0.1, -0.05) is 0 Å². The lowest BCUT2D eigenvalue weighted by Crippen LogP contribution is -2.47. The summed E-state index contributed by atoms with van der Waals surface area (Å²) in [6.07, 6.45) is 7.08. The van der Waals surface area contributed by atoms with Crippen LogP contribution in [0.15, 0.2) is 17.8 Å². The van der Waals surface area contributed by atoms with E-state index in [4.69, 9.17) is 0 Å². The molecule has 2 saturated heterocycles. The average Bonchev–Trinajstić information content (AvgIpc) is 3.18. The van der Waals surface area contributed by atoms with Gasteiger partial charge in [0.25, 0.3) is 0 Å². The molecule has 2 fully saturated rings. The monoisotopic (exact) mass is 288 g/mol. The summed E-state index contributed by atoms with van der Waals surface area (Å²) < 4.78 is 0. The fraction of sp³-hybridized carbons (Fsp3) is 0.600. The van der Waals surface area contributed by atoms with Gasteiger partial charge in [0.1, 0.15) is 17.0 Å². The summed E-state index contributed by atoms with van der Waals surface area (Å²) in [5.41, 5.74) is 0. The highest BCUT2D eigenvalue weighted by atomic mass is 32.1. The van der Waals surface area contributed by atoms with E-state index in [1.54, 1.807) is 17.7 Å². The van der Waals surface area contributed by atoms with Crippen LogP contribution in [0.2, 0.25) is 0 Å². The highest BCUT2D eigenvalue weighted by molar-refractivity contribution is 7.16. The maximum Gasteiger partial charge on any atom is 0.140 e. The molecule has 5 heteroatoms. The predicted molar refractivity (Wildman–Crippen MR) is 83.5 cm³/mol. The van der Waals surface area contributed by atoms with Crippen molar-refractivity contribution >= 4 is 27.4 Å². The second kappa shape index (κ2) is 5.30. The van der Waals surface area contributed by atoms with Gasteiger partial charge in [0.2, 0.25) is 0 Å². The first kappa shape index (κ1) is 12.5. The van der Waals surface area contributed by atoms with Crippen molar-refractivity contribution < 1.29 is 0 Å². The molecule has 0 saturated carbocycles. The van der Waals surface area contributed by atoms with Gasteiger partial charge in [-0.15, -0.1) is 11.3 Å². The van der Waals surface area contributed by atoms with E-state index < -0.39 is 0 Å². The van der Waals surface area contributed by atoms with E-state index in [-0.39, 0.29) is 0 Å². The molecule has 0 N–H and O–H groups in total. The molecule has 0 radical (unpaired) electrons. The Bertz CT molecular complexity index is 590. The molecule has 2 aliphatic rings. The topological polar surface area (TPSA) is 32.3 Å². The summed E-state index contributed by atoms with van der Waals surface area (Å²) in [6, 6.07) is 2.88. The molecule has 0 bridgehead atoms. The predicted octanol–water partition coefficient (Wildman–Crippen LogP) is 2.76. The highest BCUT2D eigenvalue weighted by Gasteiger charge is 2.28. The Morgan fingerprint density at radius 3 is 2.90 bits per heavy atom. The van der Waals surface area contributed by atoms with Crippen molar-refractivity contribution in [2.45, 2.75) is 31.7 Å². The van der Waals surface area contributed by atoms with Crippen LogP contribution in [0.25, 0.3) is 10.2 Å². The first-order chi connectivity index (χ1) is 9.92. The molecule has 106 valence electrons. The van der Waals surface area contributed by atoms with Crippen LogP contribution in [-0.2, 0) is 0 Å². The molecular weight excluding hydrogens is 268 g/mol. The number of piperidine rings is 1. The van der Waals surface area contributed by atoms with Gasteiger partial charge in [0, 0.05) is 19.1 Å². The van der Waals surface area contributed by atoms with Crippen molar-refractivity contribution in [1.29, 1.82) is 0 Å². The number of likely N-dealkylation sites (tertiary alicyclic amines) is 1. The Morgan fingerprint density at radius 2 is 2.00 bits per heavy atom. The Kier molecular flexibility index (Phi) is 3.32. The summed E-state index contributed by atoms with van der Waals surface area (Å²) in [5.74, 6) is 1.14. The molecular formula is C15H20N4S. The lowest BCUT2D eigenvalue weighted by Gasteiger charge is -2.38. The SMILES string of the molecule is c1nc(N2CCC[C@@H](N3CCCC3)C2)c2ccsc2n1. The van der Waals surface area contributed by atoms with Gasteiger partial charge in [-0.3, -0.25) is 4.90 Å². The number of nitrogens with zero attached hydrogens (tertiary/aromatic N) is 4. The Balaban J connectivity index is 1.59. The third-order valence-corrected chi connectivity index (χ3v) is 5.41. The summed E-state index contributed by atoms with van der Waals surface area (Å²) in [7, 11) is 0. The van der Waals surface area contributed by atoms with Crippen LogP contribution in [0.3, 0.4) is 0 Å². The van der Waals surface area contributed by atoms with E-state index in [1.807, 2.05) is 0 Å². The lowest BCUT2D eigenvalue weighted by molar-refractivity contribution is 0.215. The molecule has 1 atom stereocenters. The summed E-state index contributed by atoms with van der Waals surface area (Å²) in [4.78, 5) is 15.2. The van der Waals surface area contributed by atoms with Crippen LogP contribution in [0.5, 0.6) is 0 Å². The number of hydrogen-bond acceptors (Lipinski definition) is 5. The third kappa shape index (κ3) is 2.19. The van der Waals surface area contributed by atoms with Gasteiger partial charge in [-0.2, -0.15) is 0 Å².